The minimum atomic E-state index is -0.0117. The highest BCUT2D eigenvalue weighted by molar-refractivity contribution is 5.14. The van der Waals surface area contributed by atoms with Crippen molar-refractivity contribution in [1.29, 1.82) is 0 Å². The van der Waals surface area contributed by atoms with Crippen LogP contribution < -0.4 is 0 Å². The molecule has 0 radical (unpaired) electrons. The van der Waals surface area contributed by atoms with Crippen LogP contribution in [0.25, 0.3) is 0 Å². The summed E-state index contributed by atoms with van der Waals surface area (Å²) in [5.41, 5.74) is 1.36. The van der Waals surface area contributed by atoms with Gasteiger partial charge in [-0.15, -0.1) is 10.2 Å². The Kier molecular flexibility index (Phi) is 3.60. The predicted molar refractivity (Wildman–Crippen MR) is 72.7 cm³/mol. The molecule has 1 aromatic carbocycles. The van der Waals surface area contributed by atoms with Gasteiger partial charge in [-0.2, -0.15) is 0 Å². The molecule has 1 aliphatic carbocycles. The summed E-state index contributed by atoms with van der Waals surface area (Å²) in [6.07, 6.45) is 5.44. The Hall–Kier alpha value is -1.68. The number of nitrogens with zero attached hydrogens (tertiary/aromatic N) is 3. The molecular weight excluding hydrogens is 238 g/mol. The first-order chi connectivity index (χ1) is 9.38. The van der Waals surface area contributed by atoms with Gasteiger partial charge in [-0.25, -0.2) is 0 Å². The first kappa shape index (κ1) is 12.4. The molecule has 0 unspecified atom stereocenters. The van der Waals surface area contributed by atoms with Crippen LogP contribution in [0.15, 0.2) is 30.3 Å². The van der Waals surface area contributed by atoms with Crippen LogP contribution in [0.5, 0.6) is 0 Å². The largest absolute Gasteiger partial charge is 0.388 e. The van der Waals surface area contributed by atoms with Crippen molar-refractivity contribution in [2.45, 2.75) is 44.8 Å². The molecule has 1 heterocycles. The summed E-state index contributed by atoms with van der Waals surface area (Å²) in [5, 5.41) is 17.6. The van der Waals surface area contributed by atoms with Crippen molar-refractivity contribution in [1.82, 2.24) is 14.8 Å². The average molecular weight is 257 g/mol. The quantitative estimate of drug-likeness (QED) is 0.863. The maximum atomic E-state index is 9.29. The van der Waals surface area contributed by atoms with E-state index >= 15 is 0 Å². The number of hydrogen-bond acceptors (Lipinski definition) is 3. The molecule has 0 saturated heterocycles. The molecule has 0 amide bonds. The third kappa shape index (κ3) is 2.84. The van der Waals surface area contributed by atoms with Crippen LogP contribution in [0.2, 0.25) is 0 Å². The number of aromatic nitrogens is 3. The average Bonchev–Trinajstić information content (AvgIpc) is 3.21. The predicted octanol–water partition coefficient (Wildman–Crippen LogP) is 2.28. The molecule has 1 aromatic heterocycles. The zero-order valence-electron chi connectivity index (χ0n) is 11.0. The lowest BCUT2D eigenvalue weighted by Gasteiger charge is -2.07. The number of aliphatic hydroxyl groups excluding tert-OH is 1. The van der Waals surface area contributed by atoms with Crippen molar-refractivity contribution >= 4 is 0 Å². The van der Waals surface area contributed by atoms with Gasteiger partial charge < -0.3 is 9.67 Å². The van der Waals surface area contributed by atoms with Crippen molar-refractivity contribution in [3.05, 3.63) is 47.5 Å². The molecule has 0 bridgehead atoms. The van der Waals surface area contributed by atoms with Gasteiger partial charge in [0, 0.05) is 12.5 Å². The van der Waals surface area contributed by atoms with Crippen molar-refractivity contribution < 1.29 is 5.11 Å². The van der Waals surface area contributed by atoms with E-state index in [2.05, 4.69) is 39.0 Å². The topological polar surface area (TPSA) is 50.9 Å². The van der Waals surface area contributed by atoms with Crippen LogP contribution in [0.4, 0.5) is 0 Å². The Morgan fingerprint density at radius 2 is 1.79 bits per heavy atom. The molecular formula is C15H19N3O. The van der Waals surface area contributed by atoms with E-state index in [-0.39, 0.29) is 6.61 Å². The molecule has 4 nitrogen and oxygen atoms in total. The van der Waals surface area contributed by atoms with Crippen LogP contribution in [0, 0.1) is 0 Å². The van der Waals surface area contributed by atoms with Crippen LogP contribution in [-0.2, 0) is 19.4 Å². The van der Waals surface area contributed by atoms with Gasteiger partial charge in [0.1, 0.15) is 12.4 Å². The number of rotatable bonds is 6. The second-order valence-corrected chi connectivity index (χ2v) is 5.13. The Bertz CT molecular complexity index is 532. The molecule has 19 heavy (non-hydrogen) atoms. The number of aliphatic hydroxyl groups is 1. The normalized spacial score (nSPS) is 14.8. The SMILES string of the molecule is OCc1nnc(CCCc2ccccc2)n1C1CC1. The molecule has 0 spiro atoms. The van der Waals surface area contributed by atoms with E-state index in [0.29, 0.717) is 6.04 Å². The zero-order chi connectivity index (χ0) is 13.1. The van der Waals surface area contributed by atoms with Gasteiger partial charge >= 0.3 is 0 Å². The van der Waals surface area contributed by atoms with Crippen LogP contribution in [-0.4, -0.2) is 19.9 Å². The second kappa shape index (κ2) is 5.53. The van der Waals surface area contributed by atoms with E-state index in [1.807, 2.05) is 6.07 Å². The van der Waals surface area contributed by atoms with Crippen molar-refractivity contribution in [2.75, 3.05) is 0 Å². The standard InChI is InChI=1S/C15H19N3O/c19-11-15-17-16-14(18(15)13-9-10-13)8-4-7-12-5-2-1-3-6-12/h1-3,5-6,13,19H,4,7-11H2. The fourth-order valence-corrected chi connectivity index (χ4v) is 2.49. The van der Waals surface area contributed by atoms with E-state index in [1.54, 1.807) is 0 Å². The maximum Gasteiger partial charge on any atom is 0.159 e. The summed E-state index contributed by atoms with van der Waals surface area (Å²) >= 11 is 0. The first-order valence-corrected chi connectivity index (χ1v) is 6.96. The summed E-state index contributed by atoms with van der Waals surface area (Å²) in [7, 11) is 0. The summed E-state index contributed by atoms with van der Waals surface area (Å²) in [4.78, 5) is 0. The first-order valence-electron chi connectivity index (χ1n) is 6.96. The van der Waals surface area contributed by atoms with Crippen LogP contribution in [0.3, 0.4) is 0 Å². The summed E-state index contributed by atoms with van der Waals surface area (Å²) < 4.78 is 2.14. The molecule has 1 saturated carbocycles. The molecule has 0 aliphatic heterocycles. The third-order valence-corrected chi connectivity index (χ3v) is 3.60. The monoisotopic (exact) mass is 257 g/mol. The fourth-order valence-electron chi connectivity index (χ4n) is 2.49. The second-order valence-electron chi connectivity index (χ2n) is 5.13. The summed E-state index contributed by atoms with van der Waals surface area (Å²) in [6, 6.07) is 11.0. The van der Waals surface area contributed by atoms with Crippen LogP contribution in [0.1, 0.15) is 42.5 Å². The van der Waals surface area contributed by atoms with Gasteiger partial charge in [-0.1, -0.05) is 30.3 Å². The van der Waals surface area contributed by atoms with E-state index in [4.69, 9.17) is 0 Å². The lowest BCUT2D eigenvalue weighted by atomic mass is 10.1. The fraction of sp³-hybridized carbons (Fsp3) is 0.467. The highest BCUT2D eigenvalue weighted by atomic mass is 16.3. The number of benzene rings is 1. The molecule has 1 N–H and O–H groups in total. The maximum absolute atomic E-state index is 9.29. The Labute approximate surface area is 113 Å². The summed E-state index contributed by atoms with van der Waals surface area (Å²) in [6.45, 7) is -0.0117. The lowest BCUT2D eigenvalue weighted by Crippen LogP contribution is -2.06. The summed E-state index contributed by atoms with van der Waals surface area (Å²) in [5.74, 6) is 1.75. The molecule has 0 atom stereocenters. The Morgan fingerprint density at radius 3 is 2.47 bits per heavy atom. The van der Waals surface area contributed by atoms with E-state index in [1.165, 1.54) is 18.4 Å². The molecule has 1 fully saturated rings. The Morgan fingerprint density at radius 1 is 1.05 bits per heavy atom. The molecule has 4 heteroatoms. The van der Waals surface area contributed by atoms with Crippen LogP contribution >= 0.6 is 0 Å². The zero-order valence-corrected chi connectivity index (χ0v) is 11.0. The lowest BCUT2D eigenvalue weighted by molar-refractivity contribution is 0.264. The highest BCUT2D eigenvalue weighted by Crippen LogP contribution is 2.36. The molecule has 1 aliphatic rings. The van der Waals surface area contributed by atoms with E-state index in [0.717, 1.165) is 30.9 Å². The van der Waals surface area contributed by atoms with Crippen molar-refractivity contribution in [2.24, 2.45) is 0 Å². The van der Waals surface area contributed by atoms with Gasteiger partial charge in [0.2, 0.25) is 0 Å². The number of hydrogen-bond donors (Lipinski definition) is 1. The van der Waals surface area contributed by atoms with Gasteiger partial charge in [-0.3, -0.25) is 0 Å². The van der Waals surface area contributed by atoms with Gasteiger partial charge in [-0.05, 0) is 31.2 Å². The molecule has 2 aromatic rings. The minimum absolute atomic E-state index is 0.0117. The number of aryl methyl sites for hydroxylation is 2. The highest BCUT2D eigenvalue weighted by Gasteiger charge is 2.28. The van der Waals surface area contributed by atoms with E-state index in [9.17, 15) is 5.11 Å². The van der Waals surface area contributed by atoms with Gasteiger partial charge in [0.25, 0.3) is 0 Å². The van der Waals surface area contributed by atoms with Crippen molar-refractivity contribution in [3.63, 3.8) is 0 Å². The smallest absolute Gasteiger partial charge is 0.159 e. The van der Waals surface area contributed by atoms with E-state index < -0.39 is 0 Å². The van der Waals surface area contributed by atoms with Gasteiger partial charge in [0.05, 0.1) is 0 Å². The minimum Gasteiger partial charge on any atom is -0.388 e. The molecule has 100 valence electrons. The van der Waals surface area contributed by atoms with Gasteiger partial charge in [0.15, 0.2) is 5.82 Å². The molecule has 3 rings (SSSR count). The Balaban J connectivity index is 1.62. The third-order valence-electron chi connectivity index (χ3n) is 3.60. The van der Waals surface area contributed by atoms with Crippen molar-refractivity contribution in [3.8, 4) is 0 Å².